The van der Waals surface area contributed by atoms with Crippen LogP contribution in [-0.4, -0.2) is 11.7 Å². The topological polar surface area (TPSA) is 20.2 Å². The summed E-state index contributed by atoms with van der Waals surface area (Å²) in [6.07, 6.45) is 3.35. The molecular formula is C22H29Cl2OTi-. The van der Waals surface area contributed by atoms with Gasteiger partial charge in [-0.3, -0.25) is 0 Å². The minimum absolute atomic E-state index is 0. The summed E-state index contributed by atoms with van der Waals surface area (Å²) in [5, 5.41) is 10.9. The van der Waals surface area contributed by atoms with E-state index in [0.717, 1.165) is 6.42 Å². The van der Waals surface area contributed by atoms with Crippen molar-refractivity contribution in [1.82, 2.24) is 0 Å². The van der Waals surface area contributed by atoms with Gasteiger partial charge in [0.05, 0.1) is 0 Å². The van der Waals surface area contributed by atoms with Crippen molar-refractivity contribution in [3.05, 3.63) is 65.3 Å². The molecule has 0 fully saturated rings. The molecule has 1 nitrogen and oxygen atoms in total. The summed E-state index contributed by atoms with van der Waals surface area (Å²) >= 11 is 0. The summed E-state index contributed by atoms with van der Waals surface area (Å²) in [5.41, 5.74) is 5.59. The molecule has 1 aliphatic rings. The third-order valence-corrected chi connectivity index (χ3v) is 3.85. The molecule has 0 bridgehead atoms. The summed E-state index contributed by atoms with van der Waals surface area (Å²) in [4.78, 5) is 0. The number of fused-ring (bicyclic) bond motifs is 1. The van der Waals surface area contributed by atoms with Gasteiger partial charge in [-0.15, -0.1) is 60.0 Å². The molecule has 0 amide bonds. The Hall–Kier alpha value is -0.566. The summed E-state index contributed by atoms with van der Waals surface area (Å²) < 4.78 is 0. The van der Waals surface area contributed by atoms with Crippen molar-refractivity contribution >= 4 is 41.2 Å². The van der Waals surface area contributed by atoms with E-state index >= 15 is 0 Å². The normalized spacial score (nSPS) is 12.9. The van der Waals surface area contributed by atoms with Gasteiger partial charge in [-0.05, 0) is 25.7 Å². The molecule has 2 aromatic carbocycles. The van der Waals surface area contributed by atoms with Gasteiger partial charge in [-0.2, -0.15) is 0 Å². The van der Waals surface area contributed by atoms with E-state index in [1.165, 1.54) is 33.1 Å². The smallest absolute Gasteiger partial charge is 0.0479 e. The quantitative estimate of drug-likeness (QED) is 0.399. The van der Waals surface area contributed by atoms with E-state index in [1.807, 2.05) is 20.8 Å². The van der Waals surface area contributed by atoms with E-state index in [4.69, 9.17) is 5.11 Å². The average molecular weight is 428 g/mol. The number of aliphatic hydroxyl groups is 1. The molecule has 0 saturated heterocycles. The van der Waals surface area contributed by atoms with Crippen molar-refractivity contribution in [1.29, 1.82) is 0 Å². The second-order valence-corrected chi connectivity index (χ2v) is 7.51. The molecule has 0 unspecified atom stereocenters. The van der Waals surface area contributed by atoms with Crippen LogP contribution in [0.15, 0.2) is 53.6 Å². The number of benzene rings is 2. The zero-order valence-corrected chi connectivity index (χ0v) is 19.4. The van der Waals surface area contributed by atoms with Gasteiger partial charge in [-0.25, -0.2) is 0 Å². The van der Waals surface area contributed by atoms with E-state index < -0.39 is 0 Å². The molecule has 3 rings (SSSR count). The van der Waals surface area contributed by atoms with Crippen LogP contribution in [0.1, 0.15) is 46.6 Å². The van der Waals surface area contributed by atoms with E-state index in [0.29, 0.717) is 0 Å². The molecule has 2 aromatic rings. The first kappa shape index (κ1) is 27.7. The van der Waals surface area contributed by atoms with Crippen molar-refractivity contribution in [3.8, 4) is 0 Å². The number of rotatable bonds is 1. The zero-order chi connectivity index (χ0) is 17.0. The Morgan fingerprint density at radius 3 is 2.08 bits per heavy atom. The van der Waals surface area contributed by atoms with Crippen LogP contribution >= 0.6 is 24.8 Å². The SMILES string of the molecule is CC(C)(C)CO.CC1=CC(C)=C(c2[c-]c3ccccc3cc2)C1.Cl.Cl.[Ti]. The second-order valence-electron chi connectivity index (χ2n) is 7.51. The molecule has 0 atom stereocenters. The number of aliphatic hydroxyl groups excluding tert-OH is 1. The Labute approximate surface area is 185 Å². The van der Waals surface area contributed by atoms with Gasteiger partial charge < -0.3 is 5.11 Å². The molecule has 0 spiro atoms. The van der Waals surface area contributed by atoms with E-state index in [2.05, 4.69) is 62.4 Å². The number of allylic oxidation sites excluding steroid dienone is 4. The van der Waals surface area contributed by atoms with Gasteiger partial charge in [0.25, 0.3) is 0 Å². The van der Waals surface area contributed by atoms with Crippen LogP contribution in [0.3, 0.4) is 0 Å². The minimum atomic E-state index is 0. The molecule has 0 saturated carbocycles. The van der Waals surface area contributed by atoms with Crippen molar-refractivity contribution < 1.29 is 26.8 Å². The fourth-order valence-electron chi connectivity index (χ4n) is 2.53. The predicted octanol–water partition coefficient (Wildman–Crippen LogP) is 6.63. The fourth-order valence-corrected chi connectivity index (χ4v) is 2.53. The second kappa shape index (κ2) is 12.0. The van der Waals surface area contributed by atoms with Gasteiger partial charge in [0, 0.05) is 28.3 Å². The number of hydrogen-bond acceptors (Lipinski definition) is 1. The van der Waals surface area contributed by atoms with Crippen LogP contribution in [0.2, 0.25) is 0 Å². The zero-order valence-electron chi connectivity index (χ0n) is 16.2. The Morgan fingerprint density at radius 1 is 1.00 bits per heavy atom. The largest absolute Gasteiger partial charge is 0.396 e. The summed E-state index contributed by atoms with van der Waals surface area (Å²) in [7, 11) is 0. The maximum atomic E-state index is 8.40. The average Bonchev–Trinajstić information content (AvgIpc) is 2.85. The van der Waals surface area contributed by atoms with Gasteiger partial charge in [0.1, 0.15) is 0 Å². The molecule has 4 heteroatoms. The fraction of sp³-hybridized carbons (Fsp3) is 0.364. The molecule has 1 aliphatic carbocycles. The Morgan fingerprint density at radius 2 is 1.58 bits per heavy atom. The molecule has 0 heterocycles. The van der Waals surface area contributed by atoms with Crippen LogP contribution in [0.25, 0.3) is 16.3 Å². The van der Waals surface area contributed by atoms with E-state index in [9.17, 15) is 0 Å². The van der Waals surface area contributed by atoms with Crippen LogP contribution in [0.5, 0.6) is 0 Å². The minimum Gasteiger partial charge on any atom is -0.396 e. The molecule has 0 radical (unpaired) electrons. The van der Waals surface area contributed by atoms with Crippen LogP contribution in [-0.2, 0) is 21.7 Å². The van der Waals surface area contributed by atoms with Crippen molar-refractivity contribution in [2.45, 2.75) is 41.0 Å². The van der Waals surface area contributed by atoms with Gasteiger partial charge in [-0.1, -0.05) is 67.2 Å². The van der Waals surface area contributed by atoms with Crippen molar-refractivity contribution in [2.75, 3.05) is 6.61 Å². The monoisotopic (exact) mass is 427 g/mol. The molecule has 0 aliphatic heterocycles. The Balaban J connectivity index is 0. The molecule has 26 heavy (non-hydrogen) atoms. The first-order chi connectivity index (χ1) is 10.8. The first-order valence-electron chi connectivity index (χ1n) is 8.19. The van der Waals surface area contributed by atoms with Crippen LogP contribution in [0, 0.1) is 11.5 Å². The van der Waals surface area contributed by atoms with Gasteiger partial charge >= 0.3 is 0 Å². The summed E-state index contributed by atoms with van der Waals surface area (Å²) in [6.45, 7) is 10.6. The third-order valence-electron chi connectivity index (χ3n) is 3.85. The van der Waals surface area contributed by atoms with Crippen LogP contribution < -0.4 is 0 Å². The van der Waals surface area contributed by atoms with E-state index in [1.54, 1.807) is 0 Å². The van der Waals surface area contributed by atoms with Gasteiger partial charge in [0.2, 0.25) is 0 Å². The summed E-state index contributed by atoms with van der Waals surface area (Å²) in [5.74, 6) is 0. The number of halogens is 2. The van der Waals surface area contributed by atoms with Crippen LogP contribution in [0.4, 0.5) is 0 Å². The van der Waals surface area contributed by atoms with Crippen molar-refractivity contribution in [2.24, 2.45) is 5.41 Å². The molecule has 0 aromatic heterocycles. The van der Waals surface area contributed by atoms with E-state index in [-0.39, 0.29) is 58.6 Å². The Bertz CT molecular complexity index is 758. The maximum Gasteiger partial charge on any atom is 0.0479 e. The predicted molar refractivity (Wildman–Crippen MR) is 115 cm³/mol. The number of hydrogen-bond donors (Lipinski definition) is 1. The Kier molecular flexibility index (Phi) is 12.8. The molecule has 142 valence electrons. The van der Waals surface area contributed by atoms with Crippen molar-refractivity contribution in [3.63, 3.8) is 0 Å². The first-order valence-corrected chi connectivity index (χ1v) is 8.19. The third kappa shape index (κ3) is 7.98. The maximum absolute atomic E-state index is 8.40. The standard InChI is InChI=1S/C17H15.C5H12O.2ClH.Ti/c1-12-9-13(2)17(10-12)16-8-7-14-5-3-4-6-15(14)11-16;1-5(2,3)4-6;;;/h3-9H,10H2,1-2H3;6H,4H2,1-3H3;2*1H;/q-1;;;;. The van der Waals surface area contributed by atoms with Gasteiger partial charge in [0.15, 0.2) is 0 Å². The molecule has 1 N–H and O–H groups in total. The molecular weight excluding hydrogens is 399 g/mol. The summed E-state index contributed by atoms with van der Waals surface area (Å²) in [6, 6.07) is 16.3.